The molecule has 0 saturated carbocycles. The smallest absolute Gasteiger partial charge is 0.163 e. The van der Waals surface area contributed by atoms with Crippen LogP contribution in [-0.4, -0.2) is 91.5 Å². The first-order chi connectivity index (χ1) is 12.8. The van der Waals surface area contributed by atoms with Crippen molar-refractivity contribution in [2.24, 2.45) is 5.92 Å². The summed E-state index contributed by atoms with van der Waals surface area (Å²) in [5.74, 6) is -0.780. The minimum Gasteiger partial charge on any atom is -0.394 e. The Balaban J connectivity index is 1.55. The van der Waals surface area contributed by atoms with Crippen LogP contribution in [0.5, 0.6) is 0 Å². The zero-order valence-electron chi connectivity index (χ0n) is 16.2. The van der Waals surface area contributed by atoms with E-state index in [1.165, 1.54) is 0 Å². The van der Waals surface area contributed by atoms with Crippen LogP contribution in [0.1, 0.15) is 27.2 Å². The summed E-state index contributed by atoms with van der Waals surface area (Å²) in [6.07, 6.45) is -2.24. The van der Waals surface area contributed by atoms with Crippen LogP contribution >= 0.6 is 0 Å². The molecule has 3 N–H and O–H groups in total. The number of ether oxygens (including phenoxy) is 6. The van der Waals surface area contributed by atoms with Crippen molar-refractivity contribution in [3.8, 4) is 0 Å². The maximum Gasteiger partial charge on any atom is 0.163 e. The summed E-state index contributed by atoms with van der Waals surface area (Å²) in [6, 6.07) is -0.413. The molecule has 2 bridgehead atoms. The molecule has 9 heteroatoms. The molecular formula is C18H31NO8. The van der Waals surface area contributed by atoms with Crippen molar-refractivity contribution in [1.29, 1.82) is 0 Å². The van der Waals surface area contributed by atoms with E-state index in [9.17, 15) is 10.2 Å². The molecule has 4 heterocycles. The third kappa shape index (κ3) is 3.54. The second-order valence-corrected chi connectivity index (χ2v) is 8.36. The molecule has 27 heavy (non-hydrogen) atoms. The second-order valence-electron chi connectivity index (χ2n) is 8.36. The zero-order valence-corrected chi connectivity index (χ0v) is 16.2. The van der Waals surface area contributed by atoms with E-state index >= 15 is 0 Å². The number of piperidine rings is 1. The molecule has 4 rings (SSSR count). The Morgan fingerprint density at radius 3 is 2.59 bits per heavy atom. The maximum absolute atomic E-state index is 11.1. The van der Waals surface area contributed by atoms with Crippen molar-refractivity contribution >= 4 is 0 Å². The van der Waals surface area contributed by atoms with Gasteiger partial charge in [0.15, 0.2) is 12.1 Å². The average molecular weight is 389 g/mol. The lowest BCUT2D eigenvalue weighted by molar-refractivity contribution is -0.169. The molecule has 0 unspecified atom stereocenters. The molecule has 0 radical (unpaired) electrons. The number of fused-ring (bicyclic) bond motifs is 3. The van der Waals surface area contributed by atoms with Gasteiger partial charge in [-0.05, 0) is 20.8 Å². The van der Waals surface area contributed by atoms with E-state index in [2.05, 4.69) is 5.32 Å². The Labute approximate surface area is 159 Å². The summed E-state index contributed by atoms with van der Waals surface area (Å²) in [5, 5.41) is 24.1. The Morgan fingerprint density at radius 2 is 1.93 bits per heavy atom. The fraction of sp³-hybridized carbons (Fsp3) is 1.00. The molecule has 0 aromatic heterocycles. The molecule has 0 amide bonds. The Kier molecular flexibility index (Phi) is 5.52. The van der Waals surface area contributed by atoms with Gasteiger partial charge in [0.2, 0.25) is 0 Å². The van der Waals surface area contributed by atoms with Crippen LogP contribution in [0.15, 0.2) is 0 Å². The van der Waals surface area contributed by atoms with Gasteiger partial charge in [-0.25, -0.2) is 0 Å². The van der Waals surface area contributed by atoms with Crippen LogP contribution in [0.3, 0.4) is 0 Å². The number of hydrogen-bond acceptors (Lipinski definition) is 9. The fourth-order valence-corrected chi connectivity index (χ4v) is 4.98. The van der Waals surface area contributed by atoms with E-state index in [1.807, 2.05) is 20.8 Å². The van der Waals surface area contributed by atoms with Gasteiger partial charge in [0.25, 0.3) is 0 Å². The Morgan fingerprint density at radius 1 is 1.19 bits per heavy atom. The Hall–Kier alpha value is -0.360. The quantitative estimate of drug-likeness (QED) is 0.510. The highest BCUT2D eigenvalue weighted by atomic mass is 16.8. The highest BCUT2D eigenvalue weighted by Gasteiger charge is 2.58. The summed E-state index contributed by atoms with van der Waals surface area (Å²) in [7, 11) is 1.56. The van der Waals surface area contributed by atoms with Crippen LogP contribution in [0.4, 0.5) is 0 Å². The maximum atomic E-state index is 11.1. The van der Waals surface area contributed by atoms with Crippen LogP contribution in [0, 0.1) is 5.92 Å². The number of rotatable bonds is 6. The molecule has 4 saturated heterocycles. The molecule has 0 aromatic rings. The molecule has 0 spiro atoms. The summed E-state index contributed by atoms with van der Waals surface area (Å²) >= 11 is 0. The van der Waals surface area contributed by atoms with Crippen LogP contribution < -0.4 is 5.32 Å². The van der Waals surface area contributed by atoms with Gasteiger partial charge in [0.1, 0.15) is 31.2 Å². The molecule has 0 aliphatic carbocycles. The number of methoxy groups -OCH3 is 1. The van der Waals surface area contributed by atoms with Gasteiger partial charge < -0.3 is 44.0 Å². The number of aliphatic hydroxyl groups excluding tert-OH is 2. The van der Waals surface area contributed by atoms with Gasteiger partial charge in [-0.3, -0.25) is 0 Å². The topological polar surface area (TPSA) is 108 Å². The van der Waals surface area contributed by atoms with Gasteiger partial charge in [-0.1, -0.05) is 0 Å². The van der Waals surface area contributed by atoms with Crippen molar-refractivity contribution < 1.29 is 38.6 Å². The highest BCUT2D eigenvalue weighted by Crippen LogP contribution is 2.43. The molecule has 10 atom stereocenters. The first-order valence-electron chi connectivity index (χ1n) is 9.66. The van der Waals surface area contributed by atoms with Gasteiger partial charge in [-0.2, -0.15) is 0 Å². The normalized spacial score (nSPS) is 49.3. The monoisotopic (exact) mass is 389 g/mol. The fourth-order valence-electron chi connectivity index (χ4n) is 4.98. The van der Waals surface area contributed by atoms with Crippen molar-refractivity contribution in [2.75, 3.05) is 20.5 Å². The molecule has 156 valence electrons. The van der Waals surface area contributed by atoms with E-state index in [4.69, 9.17) is 28.4 Å². The SMILES string of the molecule is COCO[C@H]([C@@H]1C[C@@H]2O[C@H]1[C@@H](CO)O2)[C@@H]1N[C@H](C)[C@@H]2OC(C)(C)O[C@@H]2[C@H]1O. The summed E-state index contributed by atoms with van der Waals surface area (Å²) in [4.78, 5) is 0. The van der Waals surface area contributed by atoms with Crippen molar-refractivity contribution in [3.63, 3.8) is 0 Å². The lowest BCUT2D eigenvalue weighted by atomic mass is 9.80. The predicted molar refractivity (Wildman–Crippen MR) is 91.7 cm³/mol. The molecule has 4 aliphatic rings. The predicted octanol–water partition coefficient (Wildman–Crippen LogP) is -0.661. The largest absolute Gasteiger partial charge is 0.394 e. The van der Waals surface area contributed by atoms with Crippen molar-refractivity contribution in [3.05, 3.63) is 0 Å². The third-order valence-electron chi connectivity index (χ3n) is 6.04. The minimum absolute atomic E-state index is 0.0248. The molecule has 4 fully saturated rings. The van der Waals surface area contributed by atoms with Gasteiger partial charge in [0.05, 0.1) is 24.9 Å². The van der Waals surface area contributed by atoms with Crippen LogP contribution in [0.25, 0.3) is 0 Å². The lowest BCUT2D eigenvalue weighted by Gasteiger charge is -2.45. The number of aliphatic hydroxyl groups is 2. The highest BCUT2D eigenvalue weighted by molar-refractivity contribution is 5.08. The summed E-state index contributed by atoms with van der Waals surface area (Å²) < 4.78 is 34.6. The summed E-state index contributed by atoms with van der Waals surface area (Å²) in [5.41, 5.74) is 0. The van der Waals surface area contributed by atoms with Gasteiger partial charge in [0, 0.05) is 25.5 Å². The molecular weight excluding hydrogens is 358 g/mol. The van der Waals surface area contributed by atoms with Gasteiger partial charge in [-0.15, -0.1) is 0 Å². The minimum atomic E-state index is -0.817. The first-order valence-corrected chi connectivity index (χ1v) is 9.66. The van der Waals surface area contributed by atoms with E-state index in [1.54, 1.807) is 7.11 Å². The molecule has 4 aliphatic heterocycles. The van der Waals surface area contributed by atoms with Gasteiger partial charge >= 0.3 is 0 Å². The number of nitrogens with one attached hydrogen (secondary N) is 1. The first kappa shape index (κ1) is 19.9. The van der Waals surface area contributed by atoms with Crippen molar-refractivity contribution in [2.45, 2.75) is 88.0 Å². The second kappa shape index (κ2) is 7.47. The van der Waals surface area contributed by atoms with Crippen LogP contribution in [0.2, 0.25) is 0 Å². The zero-order chi connectivity index (χ0) is 19.3. The standard InChI is InChI=1S/C18H31NO8/c1-8-14-17(27-18(2,3)26-14)13(21)12(19-8)16(23-7-22-4)9-5-11-24-10(6-20)15(9)25-11/h8-17,19-21H,5-7H2,1-4H3/t8-,9-,10-,11+,12-,13+,14+,15-,16-,17-/m1/s1. The van der Waals surface area contributed by atoms with Crippen LogP contribution in [-0.2, 0) is 28.4 Å². The number of hydrogen-bond donors (Lipinski definition) is 3. The van der Waals surface area contributed by atoms with Crippen molar-refractivity contribution in [1.82, 2.24) is 5.32 Å². The summed E-state index contributed by atoms with van der Waals surface area (Å²) in [6.45, 7) is 5.71. The average Bonchev–Trinajstić information content (AvgIpc) is 3.31. The third-order valence-corrected chi connectivity index (χ3v) is 6.04. The Bertz CT molecular complexity index is 533. The van der Waals surface area contributed by atoms with E-state index in [0.717, 1.165) is 0 Å². The molecule has 9 nitrogen and oxygen atoms in total. The molecule has 0 aromatic carbocycles. The van der Waals surface area contributed by atoms with E-state index < -0.39 is 18.0 Å². The lowest BCUT2D eigenvalue weighted by Crippen LogP contribution is -2.68. The van der Waals surface area contributed by atoms with E-state index in [0.29, 0.717) is 6.42 Å². The van der Waals surface area contributed by atoms with E-state index in [-0.39, 0.29) is 62.1 Å².